The van der Waals surface area contributed by atoms with Gasteiger partial charge >= 0.3 is 0 Å². The largest absolute Gasteiger partial charge is 0.456 e. The van der Waals surface area contributed by atoms with Crippen molar-refractivity contribution >= 4 is 56.1 Å². The number of anilines is 6. The first-order valence-corrected chi connectivity index (χ1v) is 22.4. The number of ether oxygens (including phenoxy) is 2. The predicted molar refractivity (Wildman–Crippen MR) is 266 cm³/mol. The maximum atomic E-state index is 7.21. The lowest BCUT2D eigenvalue weighted by Gasteiger charge is -2.33. The van der Waals surface area contributed by atoms with Gasteiger partial charge in [0.2, 0.25) is 0 Å². The van der Waals surface area contributed by atoms with Crippen LogP contribution in [0.4, 0.5) is 34.1 Å². The van der Waals surface area contributed by atoms with E-state index in [1.165, 1.54) is 38.9 Å². The fourth-order valence-corrected chi connectivity index (χ4v) is 11.0. The highest BCUT2D eigenvalue weighted by Crippen LogP contribution is 2.65. The smallest absolute Gasteiger partial charge is 0.194 e. The maximum Gasteiger partial charge on any atom is 0.194 e. The Kier molecular flexibility index (Phi) is 7.83. The second kappa shape index (κ2) is 14.1. The van der Waals surface area contributed by atoms with Gasteiger partial charge in [-0.2, -0.15) is 0 Å². The van der Waals surface area contributed by atoms with Crippen LogP contribution in [0, 0.1) is 0 Å². The molecule has 0 amide bonds. The van der Waals surface area contributed by atoms with Gasteiger partial charge in [-0.1, -0.05) is 140 Å². The van der Waals surface area contributed by atoms with Gasteiger partial charge in [0.15, 0.2) is 23.0 Å². The number of nitrogens with zero attached hydrogens (tertiary/aromatic N) is 2. The molecule has 66 heavy (non-hydrogen) atoms. The molecule has 5 heteroatoms. The second-order valence-corrected chi connectivity index (χ2v) is 17.2. The molecule has 0 atom stereocenters. The lowest BCUT2D eigenvalue weighted by atomic mass is 9.70. The van der Waals surface area contributed by atoms with Crippen molar-refractivity contribution in [2.24, 2.45) is 0 Å². The third-order valence-corrected chi connectivity index (χ3v) is 13.7. The van der Waals surface area contributed by atoms with Crippen LogP contribution < -0.4 is 19.3 Å². The lowest BCUT2D eigenvalue weighted by molar-refractivity contribution is 0.360. The highest BCUT2D eigenvalue weighted by molar-refractivity contribution is 6.06. The summed E-state index contributed by atoms with van der Waals surface area (Å²) in [5.41, 5.74) is 16.9. The van der Waals surface area contributed by atoms with Crippen LogP contribution in [0.3, 0.4) is 0 Å². The molecule has 1 aliphatic heterocycles. The van der Waals surface area contributed by atoms with E-state index in [2.05, 4.69) is 216 Å². The summed E-state index contributed by atoms with van der Waals surface area (Å²) in [6.07, 6.45) is 0. The van der Waals surface area contributed by atoms with Gasteiger partial charge in [0, 0.05) is 39.6 Å². The summed E-state index contributed by atoms with van der Waals surface area (Å²) in [6, 6.07) is 81.5. The Morgan fingerprint density at radius 2 is 0.833 bits per heavy atom. The summed E-state index contributed by atoms with van der Waals surface area (Å²) in [6.45, 7) is 0. The molecule has 0 fully saturated rings. The molecule has 11 aromatic rings. The van der Waals surface area contributed by atoms with Gasteiger partial charge in [-0.05, 0) is 129 Å². The molecule has 1 spiro atoms. The standard InChI is InChI=1S/C61H38N2O3/c1-3-17-39(18-4-1)62(40-19-5-2-6-20-40)41-21-15-22-42(35-41)63(43-33-34-48-47-26-10-14-31-55(47)64-57(48)36-43)54-30-16-32-56-60(54)66-58-37-49-46-25-9-13-29-52(46)61(53(49)38-59(58)65-56)50-27-11-7-23-44(50)45-24-8-12-28-51(45)61/h1-38H. The van der Waals surface area contributed by atoms with Crippen LogP contribution in [0.15, 0.2) is 235 Å². The highest BCUT2D eigenvalue weighted by atomic mass is 16.6. The third-order valence-electron chi connectivity index (χ3n) is 13.7. The van der Waals surface area contributed by atoms with Crippen LogP contribution >= 0.6 is 0 Å². The van der Waals surface area contributed by atoms with Crippen molar-refractivity contribution in [3.05, 3.63) is 253 Å². The van der Waals surface area contributed by atoms with Crippen LogP contribution in [-0.2, 0) is 5.41 Å². The van der Waals surface area contributed by atoms with Crippen LogP contribution in [0.5, 0.6) is 23.0 Å². The molecule has 3 aliphatic rings. The number of fused-ring (bicyclic) bond motifs is 15. The number of benzene rings is 10. The summed E-state index contributed by atoms with van der Waals surface area (Å²) in [4.78, 5) is 4.54. The van der Waals surface area contributed by atoms with E-state index in [1.807, 2.05) is 24.3 Å². The molecule has 0 unspecified atom stereocenters. The van der Waals surface area contributed by atoms with E-state index in [0.29, 0.717) is 23.0 Å². The van der Waals surface area contributed by atoms with Gasteiger partial charge in [-0.15, -0.1) is 0 Å². The SMILES string of the molecule is c1ccc(N(c2ccccc2)c2cccc(N(c3ccc4c(c3)oc3ccccc34)c3cccc4c3Oc3cc5c(cc3O4)C3(c4ccccc4-c4ccccc43)c3ccccc3-5)c2)cc1. The van der Waals surface area contributed by atoms with E-state index in [4.69, 9.17) is 13.9 Å². The summed E-state index contributed by atoms with van der Waals surface area (Å²) in [7, 11) is 0. The fourth-order valence-electron chi connectivity index (χ4n) is 11.0. The van der Waals surface area contributed by atoms with E-state index in [0.717, 1.165) is 61.6 Å². The quantitative estimate of drug-likeness (QED) is 0.167. The zero-order chi connectivity index (χ0) is 43.3. The normalized spacial score (nSPS) is 13.2. The Labute approximate surface area is 381 Å². The molecule has 1 aromatic heterocycles. The molecule has 0 bridgehead atoms. The average molecular weight is 847 g/mol. The Bertz CT molecular complexity index is 3660. The minimum absolute atomic E-state index is 0.496. The third kappa shape index (κ3) is 5.22. The molecule has 2 aliphatic carbocycles. The first-order chi connectivity index (χ1) is 32.7. The van der Waals surface area contributed by atoms with Gasteiger partial charge in [0.1, 0.15) is 11.2 Å². The maximum absolute atomic E-state index is 7.21. The van der Waals surface area contributed by atoms with Gasteiger partial charge in [-0.25, -0.2) is 0 Å². The van der Waals surface area contributed by atoms with Gasteiger partial charge < -0.3 is 23.7 Å². The Balaban J connectivity index is 0.948. The molecule has 0 N–H and O–H groups in total. The van der Waals surface area contributed by atoms with E-state index in [-0.39, 0.29) is 0 Å². The molecule has 0 saturated heterocycles. The first kappa shape index (κ1) is 36.7. The Morgan fingerprint density at radius 1 is 0.303 bits per heavy atom. The number of hydrogen-bond acceptors (Lipinski definition) is 5. The van der Waals surface area contributed by atoms with E-state index >= 15 is 0 Å². The van der Waals surface area contributed by atoms with Gasteiger partial charge in [-0.3, -0.25) is 0 Å². The lowest BCUT2D eigenvalue weighted by Crippen LogP contribution is -2.25. The zero-order valence-corrected chi connectivity index (χ0v) is 35.6. The van der Waals surface area contributed by atoms with Crippen LogP contribution in [-0.4, -0.2) is 0 Å². The molecule has 310 valence electrons. The molecule has 0 saturated carbocycles. The number of para-hydroxylation sites is 4. The molecular formula is C61H38N2O3. The number of furan rings is 1. The number of hydrogen-bond donors (Lipinski definition) is 0. The van der Waals surface area contributed by atoms with Gasteiger partial charge in [0.05, 0.1) is 16.8 Å². The van der Waals surface area contributed by atoms with Crippen LogP contribution in [0.25, 0.3) is 44.2 Å². The van der Waals surface area contributed by atoms with Crippen molar-refractivity contribution in [2.75, 3.05) is 9.80 Å². The van der Waals surface area contributed by atoms with Crippen LogP contribution in [0.2, 0.25) is 0 Å². The van der Waals surface area contributed by atoms with Crippen molar-refractivity contribution in [3.8, 4) is 45.3 Å². The molecule has 10 aromatic carbocycles. The summed E-state index contributed by atoms with van der Waals surface area (Å²) in [5.74, 6) is 2.62. The molecule has 0 radical (unpaired) electrons. The fraction of sp³-hybridized carbons (Fsp3) is 0.0164. The van der Waals surface area contributed by atoms with E-state index in [1.54, 1.807) is 0 Å². The topological polar surface area (TPSA) is 38.1 Å². The van der Waals surface area contributed by atoms with E-state index in [9.17, 15) is 0 Å². The molecule has 14 rings (SSSR count). The minimum Gasteiger partial charge on any atom is -0.456 e. The average Bonchev–Trinajstić information content (AvgIpc) is 4.00. The van der Waals surface area contributed by atoms with Crippen molar-refractivity contribution < 1.29 is 13.9 Å². The summed E-state index contributed by atoms with van der Waals surface area (Å²) < 4.78 is 20.8. The monoisotopic (exact) mass is 846 g/mol. The summed E-state index contributed by atoms with van der Waals surface area (Å²) >= 11 is 0. The second-order valence-electron chi connectivity index (χ2n) is 17.2. The Morgan fingerprint density at radius 3 is 1.53 bits per heavy atom. The van der Waals surface area contributed by atoms with E-state index < -0.39 is 5.41 Å². The van der Waals surface area contributed by atoms with Crippen molar-refractivity contribution in [1.29, 1.82) is 0 Å². The molecule has 2 heterocycles. The first-order valence-electron chi connectivity index (χ1n) is 22.4. The number of rotatable bonds is 6. The van der Waals surface area contributed by atoms with Crippen molar-refractivity contribution in [2.45, 2.75) is 5.41 Å². The molecular weight excluding hydrogens is 809 g/mol. The Hall–Kier alpha value is -8.80. The van der Waals surface area contributed by atoms with Crippen molar-refractivity contribution in [3.63, 3.8) is 0 Å². The minimum atomic E-state index is -0.496. The predicted octanol–water partition coefficient (Wildman–Crippen LogP) is 16.8. The zero-order valence-electron chi connectivity index (χ0n) is 35.6. The summed E-state index contributed by atoms with van der Waals surface area (Å²) in [5, 5.41) is 2.14. The molecule has 5 nitrogen and oxygen atoms in total. The van der Waals surface area contributed by atoms with Crippen LogP contribution in [0.1, 0.15) is 22.3 Å². The van der Waals surface area contributed by atoms with Crippen molar-refractivity contribution in [1.82, 2.24) is 0 Å². The highest BCUT2D eigenvalue weighted by Gasteiger charge is 2.52. The van der Waals surface area contributed by atoms with Gasteiger partial charge in [0.25, 0.3) is 0 Å².